The van der Waals surface area contributed by atoms with E-state index in [0.29, 0.717) is 4.90 Å². The predicted molar refractivity (Wildman–Crippen MR) is 76.9 cm³/mol. The van der Waals surface area contributed by atoms with Crippen LogP contribution in [0, 0.1) is 17.6 Å². The predicted octanol–water partition coefficient (Wildman–Crippen LogP) is 3.72. The lowest BCUT2D eigenvalue weighted by molar-refractivity contribution is 0.366. The summed E-state index contributed by atoms with van der Waals surface area (Å²) >= 11 is 1.24. The monoisotopic (exact) mass is 288 g/mol. The highest BCUT2D eigenvalue weighted by molar-refractivity contribution is 7.97. The highest BCUT2D eigenvalue weighted by atomic mass is 32.2. The third-order valence-electron chi connectivity index (χ3n) is 3.17. The van der Waals surface area contributed by atoms with Gasteiger partial charge in [0, 0.05) is 4.90 Å². The smallest absolute Gasteiger partial charge is 0.159 e. The summed E-state index contributed by atoms with van der Waals surface area (Å²) in [4.78, 5) is 0.659. The van der Waals surface area contributed by atoms with Gasteiger partial charge in [0.15, 0.2) is 11.6 Å². The second kappa shape index (κ2) is 9.28. The Morgan fingerprint density at radius 3 is 2.37 bits per heavy atom. The van der Waals surface area contributed by atoms with Crippen LogP contribution in [0.2, 0.25) is 0 Å². The summed E-state index contributed by atoms with van der Waals surface area (Å²) in [6.07, 6.45) is 7.05. The van der Waals surface area contributed by atoms with Gasteiger partial charge in [-0.1, -0.05) is 19.3 Å². The molecule has 1 fully saturated rings. The Labute approximate surface area is 118 Å². The van der Waals surface area contributed by atoms with Gasteiger partial charge in [0.05, 0.1) is 0 Å². The Hall–Kier alpha value is -0.650. The third-order valence-corrected chi connectivity index (χ3v) is 3.86. The molecule has 2 rings (SSSR count). The fraction of sp³-hybridized carbons (Fsp3) is 0.571. The summed E-state index contributed by atoms with van der Waals surface area (Å²) in [6, 6.07) is 3.77. The van der Waals surface area contributed by atoms with Crippen LogP contribution in [-0.4, -0.2) is 13.6 Å². The molecule has 0 heterocycles. The van der Waals surface area contributed by atoms with E-state index in [1.165, 1.54) is 50.1 Å². The standard InChI is InChI=1S/C7H7F2NS.C7H15N/c1-10-11-5-2-3-6(8)7(9)4-5;8-6-7-4-2-1-3-5-7/h2-4,10H,1H3;7H,1-6,8H2. The van der Waals surface area contributed by atoms with E-state index in [-0.39, 0.29) is 0 Å². The van der Waals surface area contributed by atoms with Gasteiger partial charge in [-0.2, -0.15) is 0 Å². The third kappa shape index (κ3) is 6.36. The maximum atomic E-state index is 12.5. The molecule has 0 bridgehead atoms. The van der Waals surface area contributed by atoms with Crippen molar-refractivity contribution in [2.75, 3.05) is 13.6 Å². The van der Waals surface area contributed by atoms with E-state index < -0.39 is 11.6 Å². The van der Waals surface area contributed by atoms with Crippen molar-refractivity contribution in [3.8, 4) is 0 Å². The normalized spacial score (nSPS) is 15.8. The minimum atomic E-state index is -0.815. The lowest BCUT2D eigenvalue weighted by Crippen LogP contribution is -2.16. The molecule has 0 aliphatic heterocycles. The van der Waals surface area contributed by atoms with Crippen LogP contribution in [0.25, 0.3) is 0 Å². The Kier molecular flexibility index (Phi) is 8.02. The molecular weight excluding hydrogens is 266 g/mol. The summed E-state index contributed by atoms with van der Waals surface area (Å²) < 4.78 is 27.6. The summed E-state index contributed by atoms with van der Waals surface area (Å²) in [7, 11) is 1.71. The summed E-state index contributed by atoms with van der Waals surface area (Å²) in [5, 5.41) is 0. The number of hydrogen-bond donors (Lipinski definition) is 2. The maximum Gasteiger partial charge on any atom is 0.159 e. The van der Waals surface area contributed by atoms with Gasteiger partial charge in [0.1, 0.15) is 0 Å². The van der Waals surface area contributed by atoms with E-state index in [2.05, 4.69) is 4.72 Å². The molecule has 19 heavy (non-hydrogen) atoms. The van der Waals surface area contributed by atoms with Crippen LogP contribution >= 0.6 is 11.9 Å². The molecule has 0 amide bonds. The molecule has 1 aromatic rings. The van der Waals surface area contributed by atoms with E-state index in [4.69, 9.17) is 5.73 Å². The molecule has 108 valence electrons. The highest BCUT2D eigenvalue weighted by Gasteiger charge is 2.09. The molecule has 0 unspecified atom stereocenters. The molecular formula is C14H22F2N2S. The van der Waals surface area contributed by atoms with Gasteiger partial charge in [-0.15, -0.1) is 0 Å². The second-order valence-electron chi connectivity index (χ2n) is 4.62. The lowest BCUT2D eigenvalue weighted by atomic mass is 9.90. The van der Waals surface area contributed by atoms with Gasteiger partial charge in [0.25, 0.3) is 0 Å². The van der Waals surface area contributed by atoms with Crippen molar-refractivity contribution in [1.82, 2.24) is 4.72 Å². The number of rotatable bonds is 3. The zero-order chi connectivity index (χ0) is 14.1. The summed E-state index contributed by atoms with van der Waals surface area (Å²) in [6.45, 7) is 0.917. The van der Waals surface area contributed by atoms with Gasteiger partial charge in [-0.05, 0) is 62.5 Å². The van der Waals surface area contributed by atoms with Crippen molar-refractivity contribution in [3.05, 3.63) is 29.8 Å². The van der Waals surface area contributed by atoms with E-state index in [0.717, 1.165) is 24.6 Å². The van der Waals surface area contributed by atoms with Gasteiger partial charge in [-0.25, -0.2) is 8.78 Å². The van der Waals surface area contributed by atoms with Gasteiger partial charge in [0.2, 0.25) is 0 Å². The fourth-order valence-corrected chi connectivity index (χ4v) is 2.62. The SMILES string of the molecule is CNSc1ccc(F)c(F)c1.NCC1CCCCC1. The van der Waals surface area contributed by atoms with Crippen molar-refractivity contribution >= 4 is 11.9 Å². The molecule has 3 N–H and O–H groups in total. The Morgan fingerprint density at radius 1 is 1.21 bits per heavy atom. The lowest BCUT2D eigenvalue weighted by Gasteiger charge is -2.18. The summed E-state index contributed by atoms with van der Waals surface area (Å²) in [5.41, 5.74) is 5.50. The number of halogens is 2. The largest absolute Gasteiger partial charge is 0.330 e. The molecule has 0 atom stereocenters. The number of nitrogens with one attached hydrogen (secondary N) is 1. The second-order valence-corrected chi connectivity index (χ2v) is 5.71. The number of nitrogens with two attached hydrogens (primary N) is 1. The van der Waals surface area contributed by atoms with Crippen LogP contribution in [-0.2, 0) is 0 Å². The Bertz CT molecular complexity index is 368. The summed E-state index contributed by atoms with van der Waals surface area (Å²) in [5.74, 6) is -0.764. The number of hydrogen-bond acceptors (Lipinski definition) is 3. The maximum absolute atomic E-state index is 12.5. The quantitative estimate of drug-likeness (QED) is 0.833. The molecule has 5 heteroatoms. The van der Waals surface area contributed by atoms with Crippen LogP contribution in [0.5, 0.6) is 0 Å². The van der Waals surface area contributed by atoms with Crippen LogP contribution < -0.4 is 10.5 Å². The molecule has 1 aliphatic rings. The average molecular weight is 288 g/mol. The molecule has 0 aromatic heterocycles. The first-order chi connectivity index (χ1) is 9.17. The van der Waals surface area contributed by atoms with Gasteiger partial charge in [-0.3, -0.25) is 4.72 Å². The zero-order valence-corrected chi connectivity index (χ0v) is 12.1. The van der Waals surface area contributed by atoms with Crippen molar-refractivity contribution < 1.29 is 8.78 Å². The van der Waals surface area contributed by atoms with Crippen molar-refractivity contribution in [3.63, 3.8) is 0 Å². The first-order valence-corrected chi connectivity index (χ1v) is 7.47. The van der Waals surface area contributed by atoms with E-state index in [9.17, 15) is 8.78 Å². The molecule has 0 saturated heterocycles. The zero-order valence-electron chi connectivity index (χ0n) is 11.3. The van der Waals surface area contributed by atoms with E-state index in [1.54, 1.807) is 7.05 Å². The van der Waals surface area contributed by atoms with E-state index in [1.807, 2.05) is 0 Å². The molecule has 1 saturated carbocycles. The minimum Gasteiger partial charge on any atom is -0.330 e. The molecule has 1 aliphatic carbocycles. The van der Waals surface area contributed by atoms with Crippen molar-refractivity contribution in [2.24, 2.45) is 11.7 Å². The van der Waals surface area contributed by atoms with Crippen molar-refractivity contribution in [1.29, 1.82) is 0 Å². The van der Waals surface area contributed by atoms with Crippen LogP contribution in [0.1, 0.15) is 32.1 Å². The highest BCUT2D eigenvalue weighted by Crippen LogP contribution is 2.21. The first-order valence-electron chi connectivity index (χ1n) is 6.66. The van der Waals surface area contributed by atoms with Crippen LogP contribution in [0.3, 0.4) is 0 Å². The topological polar surface area (TPSA) is 38.0 Å². The van der Waals surface area contributed by atoms with Crippen LogP contribution in [0.15, 0.2) is 23.1 Å². The Morgan fingerprint density at radius 2 is 1.89 bits per heavy atom. The number of benzene rings is 1. The van der Waals surface area contributed by atoms with Crippen LogP contribution in [0.4, 0.5) is 8.78 Å². The Balaban J connectivity index is 0.000000200. The molecule has 1 aromatic carbocycles. The van der Waals surface area contributed by atoms with Crippen molar-refractivity contribution in [2.45, 2.75) is 37.0 Å². The molecule has 0 spiro atoms. The fourth-order valence-electron chi connectivity index (χ4n) is 2.08. The molecule has 0 radical (unpaired) electrons. The van der Waals surface area contributed by atoms with E-state index >= 15 is 0 Å². The molecule has 2 nitrogen and oxygen atoms in total. The average Bonchev–Trinajstić information content (AvgIpc) is 2.45. The van der Waals surface area contributed by atoms with Gasteiger partial charge >= 0.3 is 0 Å². The first kappa shape index (κ1) is 16.4. The van der Waals surface area contributed by atoms with Gasteiger partial charge < -0.3 is 5.73 Å². The minimum absolute atomic E-state index is 0.659.